The van der Waals surface area contributed by atoms with Crippen LogP contribution in [0.15, 0.2) is 40.9 Å². The number of hydrogen-bond acceptors (Lipinski definition) is 5. The minimum absolute atomic E-state index is 0.0330. The number of rotatable bonds is 6. The van der Waals surface area contributed by atoms with Crippen molar-refractivity contribution in [3.8, 4) is 16.2 Å². The maximum atomic E-state index is 13.0. The van der Waals surface area contributed by atoms with Crippen molar-refractivity contribution in [2.45, 2.75) is 33.6 Å². The Hall–Kier alpha value is -2.73. The summed E-state index contributed by atoms with van der Waals surface area (Å²) in [4.78, 5) is 22.6. The second-order valence-corrected chi connectivity index (χ2v) is 8.69. The van der Waals surface area contributed by atoms with Gasteiger partial charge in [0.05, 0.1) is 33.6 Å². The number of fused-ring (bicyclic) bond motifs is 3. The van der Waals surface area contributed by atoms with Crippen LogP contribution in [-0.4, -0.2) is 21.1 Å². The minimum atomic E-state index is -0.0330. The first-order valence-electron chi connectivity index (χ1n) is 9.91. The first-order valence-corrected chi connectivity index (χ1v) is 10.8. The minimum Gasteiger partial charge on any atom is -0.493 e. The van der Waals surface area contributed by atoms with Crippen molar-refractivity contribution in [3.05, 3.63) is 52.2 Å². The Morgan fingerprint density at radius 2 is 2.07 bits per heavy atom. The molecular formula is C23H25N3O2S. The molecule has 0 N–H and O–H groups in total. The lowest BCUT2D eigenvalue weighted by Crippen LogP contribution is -2.18. The standard InChI is InChI=1S/C23H25N3O2S/c1-14(2)6-5-9-28-20-11-19-17(10-18(20)21-12-24-13-29-21)16-7-8-25-15(3)22(16)23(27)26(19)4/h7-8,10-14H,5-6,9H2,1-4H3. The van der Waals surface area contributed by atoms with E-state index in [-0.39, 0.29) is 5.56 Å². The number of pyridine rings is 2. The van der Waals surface area contributed by atoms with E-state index in [1.807, 2.05) is 37.8 Å². The fourth-order valence-electron chi connectivity index (χ4n) is 3.73. The number of benzene rings is 1. The Morgan fingerprint density at radius 3 is 2.79 bits per heavy atom. The molecule has 0 unspecified atom stereocenters. The number of aromatic nitrogens is 3. The molecule has 0 radical (unpaired) electrons. The summed E-state index contributed by atoms with van der Waals surface area (Å²) in [6.07, 6.45) is 5.75. The Morgan fingerprint density at radius 1 is 1.24 bits per heavy atom. The molecule has 3 aromatic heterocycles. The average Bonchev–Trinajstić information content (AvgIpc) is 3.23. The maximum absolute atomic E-state index is 13.0. The van der Waals surface area contributed by atoms with Gasteiger partial charge >= 0.3 is 0 Å². The van der Waals surface area contributed by atoms with Crippen LogP contribution in [0.3, 0.4) is 0 Å². The van der Waals surface area contributed by atoms with Crippen LogP contribution in [0.25, 0.3) is 32.1 Å². The molecule has 1 aromatic carbocycles. The zero-order chi connectivity index (χ0) is 20.5. The van der Waals surface area contributed by atoms with Crippen molar-refractivity contribution >= 4 is 33.0 Å². The zero-order valence-electron chi connectivity index (χ0n) is 17.2. The molecule has 0 saturated heterocycles. The Balaban J connectivity index is 1.93. The van der Waals surface area contributed by atoms with E-state index in [9.17, 15) is 4.79 Å². The summed E-state index contributed by atoms with van der Waals surface area (Å²) < 4.78 is 7.90. The van der Waals surface area contributed by atoms with Gasteiger partial charge in [0.2, 0.25) is 0 Å². The van der Waals surface area contributed by atoms with E-state index in [0.717, 1.165) is 51.0 Å². The first-order chi connectivity index (χ1) is 14.0. The molecule has 0 amide bonds. The summed E-state index contributed by atoms with van der Waals surface area (Å²) in [6, 6.07) is 6.05. The topological polar surface area (TPSA) is 57.0 Å². The summed E-state index contributed by atoms with van der Waals surface area (Å²) in [7, 11) is 1.81. The second-order valence-electron chi connectivity index (χ2n) is 7.80. The lowest BCUT2D eigenvalue weighted by atomic mass is 10.0. The zero-order valence-corrected chi connectivity index (χ0v) is 18.0. The molecular weight excluding hydrogens is 382 g/mol. The van der Waals surface area contributed by atoms with Gasteiger partial charge in [0.1, 0.15) is 5.75 Å². The van der Waals surface area contributed by atoms with Crippen molar-refractivity contribution in [2.24, 2.45) is 13.0 Å². The number of ether oxygens (including phenoxy) is 1. The molecule has 150 valence electrons. The van der Waals surface area contributed by atoms with E-state index in [0.29, 0.717) is 17.9 Å². The number of aryl methyl sites for hydroxylation is 2. The van der Waals surface area contributed by atoms with Gasteiger partial charge in [-0.1, -0.05) is 13.8 Å². The van der Waals surface area contributed by atoms with Crippen molar-refractivity contribution in [3.63, 3.8) is 0 Å². The molecule has 0 fully saturated rings. The predicted molar refractivity (Wildman–Crippen MR) is 120 cm³/mol. The van der Waals surface area contributed by atoms with Crippen LogP contribution in [0, 0.1) is 12.8 Å². The van der Waals surface area contributed by atoms with Crippen LogP contribution >= 0.6 is 11.3 Å². The molecule has 0 atom stereocenters. The van der Waals surface area contributed by atoms with Gasteiger partial charge in [0, 0.05) is 36.5 Å². The molecule has 0 aliphatic heterocycles. The Kier molecular flexibility index (Phi) is 5.37. The number of thiazole rings is 1. The molecule has 3 heterocycles. The summed E-state index contributed by atoms with van der Waals surface area (Å²) >= 11 is 1.59. The summed E-state index contributed by atoms with van der Waals surface area (Å²) in [6.45, 7) is 6.97. The van der Waals surface area contributed by atoms with Crippen molar-refractivity contribution in [1.29, 1.82) is 0 Å². The van der Waals surface area contributed by atoms with Crippen molar-refractivity contribution < 1.29 is 4.74 Å². The fourth-order valence-corrected chi connectivity index (χ4v) is 4.38. The van der Waals surface area contributed by atoms with Crippen molar-refractivity contribution in [1.82, 2.24) is 14.5 Å². The molecule has 0 aliphatic carbocycles. The predicted octanol–water partition coefficient (Wildman–Crippen LogP) is 5.33. The van der Waals surface area contributed by atoms with E-state index < -0.39 is 0 Å². The van der Waals surface area contributed by atoms with Gasteiger partial charge < -0.3 is 9.30 Å². The van der Waals surface area contributed by atoms with E-state index in [1.54, 1.807) is 22.1 Å². The highest BCUT2D eigenvalue weighted by Gasteiger charge is 2.16. The number of hydrogen-bond donors (Lipinski definition) is 0. The maximum Gasteiger partial charge on any atom is 0.260 e. The van der Waals surface area contributed by atoms with E-state index >= 15 is 0 Å². The summed E-state index contributed by atoms with van der Waals surface area (Å²) in [5.41, 5.74) is 4.42. The normalized spacial score (nSPS) is 11.6. The monoisotopic (exact) mass is 407 g/mol. The van der Waals surface area contributed by atoms with Gasteiger partial charge in [0.25, 0.3) is 5.56 Å². The van der Waals surface area contributed by atoms with Gasteiger partial charge in [-0.25, -0.2) is 0 Å². The van der Waals surface area contributed by atoms with Gasteiger partial charge in [-0.05, 0) is 43.2 Å². The SMILES string of the molecule is Cc1nccc2c1c(=O)n(C)c1cc(OCCCC(C)C)c(-c3cncs3)cc21. The van der Waals surface area contributed by atoms with Crippen LogP contribution < -0.4 is 10.3 Å². The van der Waals surface area contributed by atoms with E-state index in [4.69, 9.17) is 4.74 Å². The molecule has 4 rings (SSSR count). The first kappa shape index (κ1) is 19.6. The molecule has 0 bridgehead atoms. The van der Waals surface area contributed by atoms with Crippen LogP contribution in [-0.2, 0) is 7.05 Å². The molecule has 0 saturated carbocycles. The van der Waals surface area contributed by atoms with Crippen LogP contribution in [0.1, 0.15) is 32.4 Å². The molecule has 6 heteroatoms. The highest BCUT2D eigenvalue weighted by Crippen LogP contribution is 2.38. The lowest BCUT2D eigenvalue weighted by Gasteiger charge is -2.16. The van der Waals surface area contributed by atoms with E-state index in [2.05, 4.69) is 29.9 Å². The van der Waals surface area contributed by atoms with E-state index in [1.165, 1.54) is 0 Å². The van der Waals surface area contributed by atoms with Crippen LogP contribution in [0.5, 0.6) is 5.75 Å². The van der Waals surface area contributed by atoms with Crippen LogP contribution in [0.2, 0.25) is 0 Å². The highest BCUT2D eigenvalue weighted by molar-refractivity contribution is 7.13. The molecule has 0 aliphatic rings. The van der Waals surface area contributed by atoms with Gasteiger partial charge in [-0.15, -0.1) is 11.3 Å². The lowest BCUT2D eigenvalue weighted by molar-refractivity contribution is 0.299. The van der Waals surface area contributed by atoms with Crippen molar-refractivity contribution in [2.75, 3.05) is 6.61 Å². The Bertz CT molecular complexity index is 1230. The Labute approximate surface area is 174 Å². The highest BCUT2D eigenvalue weighted by atomic mass is 32.1. The largest absolute Gasteiger partial charge is 0.493 e. The third-order valence-corrected chi connectivity index (χ3v) is 6.10. The number of nitrogens with zero attached hydrogens (tertiary/aromatic N) is 3. The van der Waals surface area contributed by atoms with Crippen LogP contribution in [0.4, 0.5) is 0 Å². The average molecular weight is 408 g/mol. The third-order valence-electron chi connectivity index (χ3n) is 5.29. The summed E-state index contributed by atoms with van der Waals surface area (Å²) in [5, 5.41) is 2.61. The van der Waals surface area contributed by atoms with Gasteiger partial charge in [-0.2, -0.15) is 0 Å². The van der Waals surface area contributed by atoms with Gasteiger partial charge in [-0.3, -0.25) is 14.8 Å². The smallest absolute Gasteiger partial charge is 0.260 e. The molecule has 4 aromatic rings. The molecule has 5 nitrogen and oxygen atoms in total. The third kappa shape index (κ3) is 3.65. The van der Waals surface area contributed by atoms with Gasteiger partial charge in [0.15, 0.2) is 0 Å². The second kappa shape index (κ2) is 7.95. The molecule has 0 spiro atoms. The fraction of sp³-hybridized carbons (Fsp3) is 0.348. The quantitative estimate of drug-likeness (QED) is 0.320. The molecule has 29 heavy (non-hydrogen) atoms. The summed E-state index contributed by atoms with van der Waals surface area (Å²) in [5.74, 6) is 1.45.